The number of rotatable bonds is 4. The van der Waals surface area contributed by atoms with E-state index in [1.807, 2.05) is 6.92 Å². The maximum Gasteiger partial charge on any atom is 0.335 e. The first-order valence-corrected chi connectivity index (χ1v) is 6.58. The van der Waals surface area contributed by atoms with Crippen molar-refractivity contribution < 1.29 is 14.7 Å². The summed E-state index contributed by atoms with van der Waals surface area (Å²) in [5.41, 5.74) is 1.65. The van der Waals surface area contributed by atoms with E-state index in [-0.39, 0.29) is 17.0 Å². The van der Waals surface area contributed by atoms with Crippen molar-refractivity contribution in [2.45, 2.75) is 34.1 Å². The first-order valence-electron chi connectivity index (χ1n) is 6.58. The van der Waals surface area contributed by atoms with Gasteiger partial charge < -0.3 is 15.7 Å². The summed E-state index contributed by atoms with van der Waals surface area (Å²) in [6.07, 6.45) is 0.870. The summed E-state index contributed by atoms with van der Waals surface area (Å²) in [5, 5.41) is 14.4. The number of anilines is 1. The Morgan fingerprint density at radius 2 is 1.90 bits per heavy atom. The van der Waals surface area contributed by atoms with E-state index in [0.29, 0.717) is 12.2 Å². The van der Waals surface area contributed by atoms with Crippen molar-refractivity contribution in [2.24, 2.45) is 5.41 Å². The fourth-order valence-corrected chi connectivity index (χ4v) is 1.61. The van der Waals surface area contributed by atoms with E-state index in [9.17, 15) is 9.59 Å². The van der Waals surface area contributed by atoms with Crippen molar-refractivity contribution in [2.75, 3.05) is 11.9 Å². The Labute approximate surface area is 119 Å². The maximum atomic E-state index is 11.8. The van der Waals surface area contributed by atoms with Gasteiger partial charge in [-0.05, 0) is 36.5 Å². The molecular weight excluding hydrogens is 256 g/mol. The van der Waals surface area contributed by atoms with Crippen LogP contribution in [0.1, 0.15) is 43.1 Å². The van der Waals surface area contributed by atoms with Crippen LogP contribution in [-0.4, -0.2) is 23.7 Å². The molecule has 0 saturated carbocycles. The van der Waals surface area contributed by atoms with Crippen LogP contribution in [0.5, 0.6) is 0 Å². The average molecular weight is 278 g/mol. The molecule has 0 unspecified atom stereocenters. The summed E-state index contributed by atoms with van der Waals surface area (Å²) in [6, 6.07) is 4.33. The van der Waals surface area contributed by atoms with E-state index >= 15 is 0 Å². The molecule has 5 nitrogen and oxygen atoms in total. The molecule has 0 radical (unpaired) electrons. The van der Waals surface area contributed by atoms with Gasteiger partial charge >= 0.3 is 12.0 Å². The molecule has 0 aromatic heterocycles. The number of hydrogen-bond donors (Lipinski definition) is 3. The summed E-state index contributed by atoms with van der Waals surface area (Å²) in [4.78, 5) is 22.7. The molecule has 0 aliphatic rings. The predicted octanol–water partition coefficient (Wildman–Crippen LogP) is 3.25. The van der Waals surface area contributed by atoms with Crippen molar-refractivity contribution in [1.29, 1.82) is 0 Å². The summed E-state index contributed by atoms with van der Waals surface area (Å²) in [5.74, 6) is -1.01. The number of carbonyl (C=O) groups excluding carboxylic acids is 1. The van der Waals surface area contributed by atoms with Gasteiger partial charge in [-0.15, -0.1) is 0 Å². The van der Waals surface area contributed by atoms with Crippen molar-refractivity contribution in [3.05, 3.63) is 29.3 Å². The van der Waals surface area contributed by atoms with E-state index in [1.54, 1.807) is 6.07 Å². The molecule has 1 rings (SSSR count). The van der Waals surface area contributed by atoms with Gasteiger partial charge in [0, 0.05) is 12.2 Å². The minimum Gasteiger partial charge on any atom is -0.478 e. The molecule has 0 fully saturated rings. The van der Waals surface area contributed by atoms with Gasteiger partial charge in [-0.25, -0.2) is 9.59 Å². The zero-order valence-corrected chi connectivity index (χ0v) is 12.4. The second kappa shape index (κ2) is 6.41. The first kappa shape index (κ1) is 16.0. The standard InChI is InChI=1S/C15H22N2O3/c1-10-5-6-11(13(18)19)9-12(10)17-14(20)16-8-7-15(2,3)4/h5-6,9H,7-8H2,1-4H3,(H,18,19)(H2,16,17,20). The Hall–Kier alpha value is -2.04. The van der Waals surface area contributed by atoms with Crippen molar-refractivity contribution in [3.63, 3.8) is 0 Å². The molecule has 3 N–H and O–H groups in total. The molecule has 2 amide bonds. The van der Waals surface area contributed by atoms with Crippen LogP contribution >= 0.6 is 0 Å². The molecule has 5 heteroatoms. The van der Waals surface area contributed by atoms with Gasteiger partial charge in [0.2, 0.25) is 0 Å². The largest absolute Gasteiger partial charge is 0.478 e. The van der Waals surface area contributed by atoms with Crippen LogP contribution < -0.4 is 10.6 Å². The Morgan fingerprint density at radius 3 is 2.45 bits per heavy atom. The van der Waals surface area contributed by atoms with Crippen LogP contribution in [0, 0.1) is 12.3 Å². The number of urea groups is 1. The molecule has 0 bridgehead atoms. The minimum absolute atomic E-state index is 0.153. The van der Waals surface area contributed by atoms with E-state index in [4.69, 9.17) is 5.11 Å². The molecule has 0 aliphatic carbocycles. The summed E-state index contributed by atoms with van der Waals surface area (Å²) in [7, 11) is 0. The molecule has 0 heterocycles. The predicted molar refractivity (Wildman–Crippen MR) is 79.2 cm³/mol. The number of carboxylic acid groups (broad SMARTS) is 1. The molecule has 1 aromatic rings. The molecular formula is C15H22N2O3. The molecule has 110 valence electrons. The number of carboxylic acids is 1. The Bertz CT molecular complexity index is 504. The van der Waals surface area contributed by atoms with Gasteiger partial charge in [-0.3, -0.25) is 0 Å². The first-order chi connectivity index (χ1) is 9.19. The molecule has 0 spiro atoms. The summed E-state index contributed by atoms with van der Waals surface area (Å²) < 4.78 is 0. The SMILES string of the molecule is Cc1ccc(C(=O)O)cc1NC(=O)NCCC(C)(C)C. The molecule has 20 heavy (non-hydrogen) atoms. The van der Waals surface area contributed by atoms with Gasteiger partial charge in [-0.2, -0.15) is 0 Å². The molecule has 0 aliphatic heterocycles. The van der Waals surface area contributed by atoms with Crippen LogP contribution in [0.25, 0.3) is 0 Å². The van der Waals surface area contributed by atoms with Gasteiger partial charge in [-0.1, -0.05) is 26.8 Å². The highest BCUT2D eigenvalue weighted by Gasteiger charge is 2.12. The highest BCUT2D eigenvalue weighted by Crippen LogP contribution is 2.18. The number of hydrogen-bond acceptors (Lipinski definition) is 2. The van der Waals surface area contributed by atoms with Crippen LogP contribution in [-0.2, 0) is 0 Å². The highest BCUT2D eigenvalue weighted by molar-refractivity contribution is 5.93. The fraction of sp³-hybridized carbons (Fsp3) is 0.467. The monoisotopic (exact) mass is 278 g/mol. The second-order valence-corrected chi connectivity index (χ2v) is 6.03. The van der Waals surface area contributed by atoms with Crippen LogP contribution in [0.4, 0.5) is 10.5 Å². The number of aromatic carboxylic acids is 1. The molecule has 1 aromatic carbocycles. The zero-order chi connectivity index (χ0) is 15.3. The third kappa shape index (κ3) is 5.30. The van der Waals surface area contributed by atoms with E-state index in [2.05, 4.69) is 31.4 Å². The van der Waals surface area contributed by atoms with Gasteiger partial charge in [0.05, 0.1) is 5.56 Å². The van der Waals surface area contributed by atoms with E-state index in [1.165, 1.54) is 12.1 Å². The minimum atomic E-state index is -1.01. The topological polar surface area (TPSA) is 78.4 Å². The van der Waals surface area contributed by atoms with Crippen molar-refractivity contribution >= 4 is 17.7 Å². The number of nitrogens with one attached hydrogen (secondary N) is 2. The lowest BCUT2D eigenvalue weighted by Crippen LogP contribution is -2.31. The maximum absolute atomic E-state index is 11.8. The quantitative estimate of drug-likeness (QED) is 0.791. The summed E-state index contributed by atoms with van der Waals surface area (Å²) in [6.45, 7) is 8.70. The molecule has 0 saturated heterocycles. The summed E-state index contributed by atoms with van der Waals surface area (Å²) >= 11 is 0. The van der Waals surface area contributed by atoms with E-state index in [0.717, 1.165) is 12.0 Å². The zero-order valence-electron chi connectivity index (χ0n) is 12.4. The van der Waals surface area contributed by atoms with Crippen LogP contribution in [0.15, 0.2) is 18.2 Å². The van der Waals surface area contributed by atoms with Crippen molar-refractivity contribution in [3.8, 4) is 0 Å². The normalized spacial score (nSPS) is 11.0. The lowest BCUT2D eigenvalue weighted by atomic mass is 9.92. The lowest BCUT2D eigenvalue weighted by Gasteiger charge is -2.18. The van der Waals surface area contributed by atoms with Crippen LogP contribution in [0.3, 0.4) is 0 Å². The Morgan fingerprint density at radius 1 is 1.25 bits per heavy atom. The lowest BCUT2D eigenvalue weighted by molar-refractivity contribution is 0.0697. The Balaban J connectivity index is 2.62. The van der Waals surface area contributed by atoms with Crippen molar-refractivity contribution in [1.82, 2.24) is 5.32 Å². The smallest absolute Gasteiger partial charge is 0.335 e. The van der Waals surface area contributed by atoms with E-state index < -0.39 is 5.97 Å². The van der Waals surface area contributed by atoms with Gasteiger partial charge in [0.25, 0.3) is 0 Å². The van der Waals surface area contributed by atoms with Crippen LogP contribution in [0.2, 0.25) is 0 Å². The van der Waals surface area contributed by atoms with Gasteiger partial charge in [0.1, 0.15) is 0 Å². The molecule has 0 atom stereocenters. The highest BCUT2D eigenvalue weighted by atomic mass is 16.4. The average Bonchev–Trinajstić information content (AvgIpc) is 2.30. The van der Waals surface area contributed by atoms with Gasteiger partial charge in [0.15, 0.2) is 0 Å². The number of aryl methyl sites for hydroxylation is 1. The number of benzene rings is 1. The fourth-order valence-electron chi connectivity index (χ4n) is 1.61. The third-order valence-corrected chi connectivity index (χ3v) is 2.89. The Kier molecular flexibility index (Phi) is 5.13. The number of amides is 2. The number of carbonyl (C=O) groups is 2. The third-order valence-electron chi connectivity index (χ3n) is 2.89. The second-order valence-electron chi connectivity index (χ2n) is 6.03.